The lowest BCUT2D eigenvalue weighted by atomic mass is 10.2. The van der Waals surface area contributed by atoms with Crippen LogP contribution >= 0.6 is 27.5 Å². The van der Waals surface area contributed by atoms with Gasteiger partial charge in [-0.3, -0.25) is 4.79 Å². The molecule has 0 aromatic heterocycles. The van der Waals surface area contributed by atoms with Crippen LogP contribution in [0.25, 0.3) is 0 Å². The minimum Gasteiger partial charge on any atom is -0.483 e. The fourth-order valence-electron chi connectivity index (χ4n) is 1.73. The predicted molar refractivity (Wildman–Crippen MR) is 87.6 cm³/mol. The van der Waals surface area contributed by atoms with E-state index in [4.69, 9.17) is 22.1 Å². The Morgan fingerprint density at radius 2 is 2.09 bits per heavy atom. The lowest BCUT2D eigenvalue weighted by Gasteiger charge is -2.10. The first-order valence-electron chi connectivity index (χ1n) is 6.34. The Morgan fingerprint density at radius 1 is 1.32 bits per heavy atom. The van der Waals surface area contributed by atoms with Gasteiger partial charge in [0.15, 0.2) is 6.61 Å². The van der Waals surface area contributed by atoms with Crippen LogP contribution in [0.15, 0.2) is 40.9 Å². The molecule has 0 saturated carbocycles. The number of ether oxygens (including phenoxy) is 1. The molecule has 0 heterocycles. The lowest BCUT2D eigenvalue weighted by Crippen LogP contribution is -2.20. The molecule has 0 aliphatic rings. The van der Waals surface area contributed by atoms with Crippen LogP contribution in [0.3, 0.4) is 0 Å². The van der Waals surface area contributed by atoms with E-state index in [1.165, 1.54) is 12.1 Å². The maximum Gasteiger partial charge on any atom is 0.255 e. The number of anilines is 1. The van der Waals surface area contributed by atoms with Gasteiger partial charge in [-0.2, -0.15) is 0 Å². The maximum absolute atomic E-state index is 13.1. The summed E-state index contributed by atoms with van der Waals surface area (Å²) in [6, 6.07) is 9.88. The smallest absolute Gasteiger partial charge is 0.255 e. The van der Waals surface area contributed by atoms with Gasteiger partial charge < -0.3 is 15.8 Å². The van der Waals surface area contributed by atoms with Crippen molar-refractivity contribution in [2.75, 3.05) is 11.9 Å². The Bertz CT molecular complexity index is 697. The average molecular weight is 388 g/mol. The molecule has 0 saturated heterocycles. The van der Waals surface area contributed by atoms with Crippen LogP contribution in [0.5, 0.6) is 5.75 Å². The summed E-state index contributed by atoms with van der Waals surface area (Å²) in [6.45, 7) is 0.348. The molecule has 0 unspecified atom stereocenters. The zero-order valence-electron chi connectivity index (χ0n) is 11.4. The van der Waals surface area contributed by atoms with Crippen LogP contribution in [0, 0.1) is 5.82 Å². The van der Waals surface area contributed by atoms with E-state index in [2.05, 4.69) is 21.2 Å². The van der Waals surface area contributed by atoms with Crippen molar-refractivity contribution in [2.24, 2.45) is 5.73 Å². The standard InChI is InChI=1S/C15H13BrClFN2O2/c16-11-5-9(1-4-14(11)22-8-15(19)21)7-20-10-2-3-13(18)12(17)6-10/h1-6,20H,7-8H2,(H2,19,21). The SMILES string of the molecule is NC(=O)COc1ccc(CNc2ccc(F)c(Cl)c2)cc1Br. The first kappa shape index (κ1) is 16.6. The largest absolute Gasteiger partial charge is 0.483 e. The normalized spacial score (nSPS) is 10.3. The number of carbonyl (C=O) groups is 1. The lowest BCUT2D eigenvalue weighted by molar-refractivity contribution is -0.119. The molecule has 0 bridgehead atoms. The van der Waals surface area contributed by atoms with Gasteiger partial charge >= 0.3 is 0 Å². The second-order valence-electron chi connectivity index (χ2n) is 4.50. The van der Waals surface area contributed by atoms with Crippen molar-refractivity contribution in [3.8, 4) is 5.75 Å². The summed E-state index contributed by atoms with van der Waals surface area (Å²) in [5.74, 6) is -0.455. The number of halogens is 3. The van der Waals surface area contributed by atoms with Crippen molar-refractivity contribution in [3.63, 3.8) is 0 Å². The van der Waals surface area contributed by atoms with Gasteiger partial charge in [-0.15, -0.1) is 0 Å². The van der Waals surface area contributed by atoms with E-state index in [1.54, 1.807) is 12.1 Å². The Hall–Kier alpha value is -1.79. The van der Waals surface area contributed by atoms with Gasteiger partial charge in [0.05, 0.1) is 9.50 Å². The van der Waals surface area contributed by atoms with Crippen molar-refractivity contribution in [3.05, 3.63) is 57.3 Å². The Labute approximate surface area is 140 Å². The molecule has 4 nitrogen and oxygen atoms in total. The molecule has 3 N–H and O–H groups in total. The van der Waals surface area contributed by atoms with Crippen molar-refractivity contribution in [1.82, 2.24) is 0 Å². The first-order valence-corrected chi connectivity index (χ1v) is 7.51. The zero-order chi connectivity index (χ0) is 16.1. The summed E-state index contributed by atoms with van der Waals surface area (Å²) in [6.07, 6.45) is 0. The molecule has 0 atom stereocenters. The number of benzene rings is 2. The highest BCUT2D eigenvalue weighted by molar-refractivity contribution is 9.10. The number of carbonyl (C=O) groups excluding carboxylic acids is 1. The number of hydrogen-bond donors (Lipinski definition) is 2. The molecule has 7 heteroatoms. The van der Waals surface area contributed by atoms with Gasteiger partial charge in [-0.1, -0.05) is 17.7 Å². The van der Waals surface area contributed by atoms with Crippen molar-refractivity contribution in [1.29, 1.82) is 0 Å². The third-order valence-electron chi connectivity index (χ3n) is 2.78. The monoisotopic (exact) mass is 386 g/mol. The highest BCUT2D eigenvalue weighted by Crippen LogP contribution is 2.26. The summed E-state index contributed by atoms with van der Waals surface area (Å²) in [5, 5.41) is 3.21. The molecule has 0 spiro atoms. The van der Waals surface area contributed by atoms with Crippen LogP contribution in [-0.4, -0.2) is 12.5 Å². The van der Waals surface area contributed by atoms with E-state index in [0.717, 1.165) is 11.3 Å². The van der Waals surface area contributed by atoms with Crippen LogP contribution in [0.4, 0.5) is 10.1 Å². The molecule has 2 aromatic rings. The number of amides is 1. The second kappa shape index (κ2) is 7.47. The number of nitrogens with two attached hydrogens (primary N) is 1. The second-order valence-corrected chi connectivity index (χ2v) is 5.76. The van der Waals surface area contributed by atoms with Gasteiger partial charge in [0.2, 0.25) is 0 Å². The summed E-state index contributed by atoms with van der Waals surface area (Å²) < 4.78 is 19.0. The molecular formula is C15H13BrClFN2O2. The Balaban J connectivity index is 1.99. The summed E-state index contributed by atoms with van der Waals surface area (Å²) >= 11 is 9.09. The summed E-state index contributed by atoms with van der Waals surface area (Å²) in [5.41, 5.74) is 6.72. The van der Waals surface area contributed by atoms with Gasteiger partial charge in [0.1, 0.15) is 11.6 Å². The molecule has 22 heavy (non-hydrogen) atoms. The number of nitrogens with one attached hydrogen (secondary N) is 1. The molecule has 2 rings (SSSR count). The quantitative estimate of drug-likeness (QED) is 0.794. The number of rotatable bonds is 6. The molecule has 1 amide bonds. The van der Waals surface area contributed by atoms with E-state index in [9.17, 15) is 9.18 Å². The summed E-state index contributed by atoms with van der Waals surface area (Å²) in [7, 11) is 0. The van der Waals surface area contributed by atoms with Gasteiger partial charge in [0.25, 0.3) is 5.91 Å². The zero-order valence-corrected chi connectivity index (χ0v) is 13.7. The topological polar surface area (TPSA) is 64.4 Å². The van der Waals surface area contributed by atoms with Crippen LogP contribution < -0.4 is 15.8 Å². The minimum absolute atomic E-state index is 0.0707. The molecule has 2 aromatic carbocycles. The maximum atomic E-state index is 13.1. The van der Waals surface area contributed by atoms with E-state index in [-0.39, 0.29) is 11.6 Å². The summed E-state index contributed by atoms with van der Waals surface area (Å²) in [4.78, 5) is 10.7. The molecule has 0 radical (unpaired) electrons. The molecule has 0 aliphatic heterocycles. The number of primary amides is 1. The molecule has 116 valence electrons. The fourth-order valence-corrected chi connectivity index (χ4v) is 2.45. The highest BCUT2D eigenvalue weighted by Gasteiger charge is 2.05. The van der Waals surface area contributed by atoms with E-state index in [0.29, 0.717) is 16.8 Å². The van der Waals surface area contributed by atoms with Crippen LogP contribution in [-0.2, 0) is 11.3 Å². The van der Waals surface area contributed by atoms with Crippen LogP contribution in [0.1, 0.15) is 5.56 Å². The third kappa shape index (κ3) is 4.61. The van der Waals surface area contributed by atoms with Crippen molar-refractivity contribution in [2.45, 2.75) is 6.54 Å². The Morgan fingerprint density at radius 3 is 2.73 bits per heavy atom. The average Bonchev–Trinajstić information content (AvgIpc) is 2.47. The highest BCUT2D eigenvalue weighted by atomic mass is 79.9. The first-order chi connectivity index (χ1) is 10.5. The van der Waals surface area contributed by atoms with Gasteiger partial charge in [0, 0.05) is 12.2 Å². The van der Waals surface area contributed by atoms with E-state index in [1.807, 2.05) is 12.1 Å². The van der Waals surface area contributed by atoms with Crippen molar-refractivity contribution >= 4 is 39.1 Å². The molecule has 0 aliphatic carbocycles. The predicted octanol–water partition coefficient (Wildman–Crippen LogP) is 3.72. The Kier molecular flexibility index (Phi) is 5.63. The number of hydrogen-bond acceptors (Lipinski definition) is 3. The van der Waals surface area contributed by atoms with Crippen LogP contribution in [0.2, 0.25) is 5.02 Å². The third-order valence-corrected chi connectivity index (χ3v) is 3.69. The molecular weight excluding hydrogens is 375 g/mol. The fraction of sp³-hybridized carbons (Fsp3) is 0.133. The van der Waals surface area contributed by atoms with E-state index >= 15 is 0 Å². The van der Waals surface area contributed by atoms with Gasteiger partial charge in [-0.05, 0) is 51.8 Å². The van der Waals surface area contributed by atoms with E-state index < -0.39 is 11.7 Å². The molecule has 0 fully saturated rings. The van der Waals surface area contributed by atoms with Crippen molar-refractivity contribution < 1.29 is 13.9 Å². The van der Waals surface area contributed by atoms with Gasteiger partial charge in [-0.25, -0.2) is 4.39 Å². The minimum atomic E-state index is -0.536.